The zero-order valence-electron chi connectivity index (χ0n) is 19.8. The highest BCUT2D eigenvalue weighted by Gasteiger charge is 2.32. The van der Waals surface area contributed by atoms with Gasteiger partial charge in [-0.15, -0.1) is 0 Å². The summed E-state index contributed by atoms with van der Waals surface area (Å²) in [7, 11) is 1.73. The number of ether oxygens (including phenoxy) is 1. The Labute approximate surface area is 203 Å². The molecule has 0 aliphatic heterocycles. The highest BCUT2D eigenvalue weighted by molar-refractivity contribution is 5.97. The van der Waals surface area contributed by atoms with Crippen LogP contribution in [0.4, 0.5) is 4.39 Å². The second-order valence-electron chi connectivity index (χ2n) is 9.93. The first-order chi connectivity index (χ1) is 17.1. The van der Waals surface area contributed by atoms with Gasteiger partial charge in [0.05, 0.1) is 16.6 Å². The summed E-state index contributed by atoms with van der Waals surface area (Å²) in [6, 6.07) is 12.8. The number of hydrogen-bond donors (Lipinski definition) is 2. The molecule has 1 amide bonds. The second kappa shape index (κ2) is 9.04. The van der Waals surface area contributed by atoms with E-state index in [1.165, 1.54) is 11.6 Å². The number of halogens is 1. The number of H-pyrrole nitrogens is 1. The molecule has 0 bridgehead atoms. The standard InChI is InChI=1S/C28H29FN4O2/c1-35-26(27-32-24-10-6-18(14-25(24)33-27)28(34)31-20-8-9-20)17-4-2-16(3-5-17)21-12-13-30-23-11-7-19(29)15-22(21)23/h6-7,10-17,20,26H,2-5,8-9H2,1H3,(H,31,34)(H,32,33)/t16?,17?,26-/m1/s1. The molecule has 2 fully saturated rings. The maximum Gasteiger partial charge on any atom is 0.251 e. The molecule has 2 aromatic carbocycles. The van der Waals surface area contributed by atoms with Gasteiger partial charge in [0.25, 0.3) is 5.91 Å². The van der Waals surface area contributed by atoms with Gasteiger partial charge < -0.3 is 15.0 Å². The molecular weight excluding hydrogens is 443 g/mol. The molecule has 2 aliphatic carbocycles. The van der Waals surface area contributed by atoms with Crippen LogP contribution in [0.1, 0.15) is 72.3 Å². The SMILES string of the molecule is CO[C@@H](c1nc2ccc(C(=O)NC3CC3)cc2[nH]1)C1CCC(c2ccnc3ccc(F)cc23)CC1. The first-order valence-electron chi connectivity index (χ1n) is 12.5. The normalized spacial score (nSPS) is 21.3. The summed E-state index contributed by atoms with van der Waals surface area (Å²) < 4.78 is 19.9. The first-order valence-corrected chi connectivity index (χ1v) is 12.5. The molecule has 4 aromatic rings. The molecule has 2 aromatic heterocycles. The molecule has 0 saturated heterocycles. The summed E-state index contributed by atoms with van der Waals surface area (Å²) in [4.78, 5) is 25.1. The molecule has 6 rings (SSSR count). The fourth-order valence-corrected chi connectivity index (χ4v) is 5.56. The number of imidazole rings is 1. The molecule has 7 heteroatoms. The van der Waals surface area contributed by atoms with E-state index in [0.29, 0.717) is 23.4 Å². The van der Waals surface area contributed by atoms with Crippen LogP contribution in [0.3, 0.4) is 0 Å². The van der Waals surface area contributed by atoms with Gasteiger partial charge >= 0.3 is 0 Å². The fraction of sp³-hybridized carbons (Fsp3) is 0.393. The Bertz CT molecular complexity index is 1390. The molecule has 2 heterocycles. The number of methoxy groups -OCH3 is 1. The van der Waals surface area contributed by atoms with Crippen molar-refractivity contribution in [2.45, 2.75) is 56.6 Å². The van der Waals surface area contributed by atoms with E-state index in [2.05, 4.69) is 15.3 Å². The van der Waals surface area contributed by atoms with E-state index in [0.717, 1.165) is 66.3 Å². The van der Waals surface area contributed by atoms with Gasteiger partial charge in [0.1, 0.15) is 17.7 Å². The number of nitrogens with zero attached hydrogens (tertiary/aromatic N) is 2. The summed E-state index contributed by atoms with van der Waals surface area (Å²) in [6.07, 6.45) is 7.81. The third-order valence-electron chi connectivity index (χ3n) is 7.58. The Hall–Kier alpha value is -3.32. The number of carbonyl (C=O) groups excluding carboxylic acids is 1. The Morgan fingerprint density at radius 1 is 1.06 bits per heavy atom. The molecule has 0 radical (unpaired) electrons. The van der Waals surface area contributed by atoms with E-state index in [1.54, 1.807) is 19.2 Å². The van der Waals surface area contributed by atoms with Crippen LogP contribution in [0, 0.1) is 11.7 Å². The highest BCUT2D eigenvalue weighted by Crippen LogP contribution is 2.43. The summed E-state index contributed by atoms with van der Waals surface area (Å²) in [5.74, 6) is 1.26. The lowest BCUT2D eigenvalue weighted by molar-refractivity contribution is 0.0274. The molecule has 6 nitrogen and oxygen atoms in total. The number of hydrogen-bond acceptors (Lipinski definition) is 4. The predicted molar refractivity (Wildman–Crippen MR) is 133 cm³/mol. The van der Waals surface area contributed by atoms with Crippen molar-refractivity contribution in [1.82, 2.24) is 20.3 Å². The Kier molecular flexibility index (Phi) is 5.72. The van der Waals surface area contributed by atoms with E-state index in [4.69, 9.17) is 9.72 Å². The number of pyridine rings is 1. The molecule has 2 aliphatic rings. The van der Waals surface area contributed by atoms with E-state index >= 15 is 0 Å². The van der Waals surface area contributed by atoms with Crippen molar-refractivity contribution < 1.29 is 13.9 Å². The second-order valence-corrected chi connectivity index (χ2v) is 9.93. The summed E-state index contributed by atoms with van der Waals surface area (Å²) in [6.45, 7) is 0. The fourth-order valence-electron chi connectivity index (χ4n) is 5.56. The van der Waals surface area contributed by atoms with Crippen LogP contribution in [0.2, 0.25) is 0 Å². The summed E-state index contributed by atoms with van der Waals surface area (Å²) >= 11 is 0. The van der Waals surface area contributed by atoms with E-state index in [9.17, 15) is 9.18 Å². The smallest absolute Gasteiger partial charge is 0.251 e. The molecular formula is C28H29FN4O2. The van der Waals surface area contributed by atoms with Gasteiger partial charge in [-0.1, -0.05) is 0 Å². The van der Waals surface area contributed by atoms with Crippen molar-refractivity contribution in [3.05, 3.63) is 71.4 Å². The molecule has 0 unspecified atom stereocenters. The number of aromatic amines is 1. The first kappa shape index (κ1) is 22.2. The Morgan fingerprint density at radius 2 is 1.86 bits per heavy atom. The third-order valence-corrected chi connectivity index (χ3v) is 7.58. The monoisotopic (exact) mass is 472 g/mol. The van der Waals surface area contributed by atoms with Crippen LogP contribution in [0.15, 0.2) is 48.7 Å². The van der Waals surface area contributed by atoms with Gasteiger partial charge in [-0.05, 0) is 98.4 Å². The maximum atomic E-state index is 13.9. The van der Waals surface area contributed by atoms with Crippen molar-refractivity contribution in [1.29, 1.82) is 0 Å². The van der Waals surface area contributed by atoms with Gasteiger partial charge in [0.2, 0.25) is 0 Å². The van der Waals surface area contributed by atoms with E-state index in [1.807, 2.05) is 30.5 Å². The number of amides is 1. The van der Waals surface area contributed by atoms with Crippen LogP contribution < -0.4 is 5.32 Å². The number of nitrogens with one attached hydrogen (secondary N) is 2. The molecule has 35 heavy (non-hydrogen) atoms. The number of carbonyl (C=O) groups is 1. The van der Waals surface area contributed by atoms with Crippen LogP contribution in [-0.2, 0) is 4.74 Å². The zero-order chi connectivity index (χ0) is 23.9. The number of rotatable bonds is 6. The maximum absolute atomic E-state index is 13.9. The number of fused-ring (bicyclic) bond motifs is 2. The lowest BCUT2D eigenvalue weighted by Gasteiger charge is -2.33. The zero-order valence-corrected chi connectivity index (χ0v) is 19.8. The minimum absolute atomic E-state index is 0.0318. The topological polar surface area (TPSA) is 79.9 Å². The van der Waals surface area contributed by atoms with Gasteiger partial charge in [-0.25, -0.2) is 9.37 Å². The largest absolute Gasteiger partial charge is 0.373 e. The molecule has 2 saturated carbocycles. The predicted octanol–water partition coefficient (Wildman–Crippen LogP) is 5.80. The molecule has 2 N–H and O–H groups in total. The number of aromatic nitrogens is 3. The molecule has 1 atom stereocenters. The van der Waals surface area contributed by atoms with Crippen LogP contribution in [0.5, 0.6) is 0 Å². The van der Waals surface area contributed by atoms with Crippen LogP contribution in [-0.4, -0.2) is 34.0 Å². The number of benzene rings is 2. The van der Waals surface area contributed by atoms with Gasteiger partial charge in [-0.3, -0.25) is 9.78 Å². The molecule has 180 valence electrons. The van der Waals surface area contributed by atoms with E-state index < -0.39 is 0 Å². The minimum Gasteiger partial charge on any atom is -0.373 e. The van der Waals surface area contributed by atoms with Crippen molar-refractivity contribution in [3.8, 4) is 0 Å². The lowest BCUT2D eigenvalue weighted by atomic mass is 9.76. The van der Waals surface area contributed by atoms with E-state index in [-0.39, 0.29) is 17.8 Å². The van der Waals surface area contributed by atoms with Crippen molar-refractivity contribution in [2.24, 2.45) is 5.92 Å². The van der Waals surface area contributed by atoms with Crippen molar-refractivity contribution in [3.63, 3.8) is 0 Å². The van der Waals surface area contributed by atoms with Crippen molar-refractivity contribution in [2.75, 3.05) is 7.11 Å². The van der Waals surface area contributed by atoms with Gasteiger partial charge in [0, 0.05) is 30.3 Å². The van der Waals surface area contributed by atoms with Crippen molar-refractivity contribution >= 4 is 27.8 Å². The minimum atomic E-state index is -0.224. The van der Waals surface area contributed by atoms with Crippen LogP contribution >= 0.6 is 0 Å². The average molecular weight is 473 g/mol. The Morgan fingerprint density at radius 3 is 2.63 bits per heavy atom. The summed E-state index contributed by atoms with van der Waals surface area (Å²) in [5.41, 5.74) is 4.36. The average Bonchev–Trinajstić information content (AvgIpc) is 3.59. The summed E-state index contributed by atoms with van der Waals surface area (Å²) in [5, 5.41) is 3.95. The van der Waals surface area contributed by atoms with Gasteiger partial charge in [-0.2, -0.15) is 0 Å². The van der Waals surface area contributed by atoms with Gasteiger partial charge in [0.15, 0.2) is 0 Å². The Balaban J connectivity index is 1.19. The lowest BCUT2D eigenvalue weighted by Crippen LogP contribution is -2.25. The third kappa shape index (κ3) is 4.41. The van der Waals surface area contributed by atoms with Crippen LogP contribution in [0.25, 0.3) is 21.9 Å². The quantitative estimate of drug-likeness (QED) is 0.371. The highest BCUT2D eigenvalue weighted by atomic mass is 19.1. The molecule has 0 spiro atoms.